The number of rotatable bonds is 4. The zero-order valence-electron chi connectivity index (χ0n) is 11.3. The summed E-state index contributed by atoms with van der Waals surface area (Å²) < 4.78 is 0. The molecule has 0 aromatic heterocycles. The van der Waals surface area contributed by atoms with E-state index in [-0.39, 0.29) is 24.5 Å². The van der Waals surface area contributed by atoms with E-state index in [9.17, 15) is 9.59 Å². The highest BCUT2D eigenvalue weighted by atomic mass is 16.3. The molecule has 1 fully saturated rings. The number of carbonyl (C=O) groups is 2. The number of aliphatic hydroxyl groups excluding tert-OH is 1. The van der Waals surface area contributed by atoms with Gasteiger partial charge in [0.1, 0.15) is 5.71 Å². The van der Waals surface area contributed by atoms with E-state index in [0.717, 1.165) is 25.7 Å². The molecule has 0 spiro atoms. The molecule has 2 aliphatic rings. The average molecular weight is 267 g/mol. The SMILES string of the molecule is CN1N=C(C(=O)N(CCO)C2CCCC2)CCC1=O. The minimum absolute atomic E-state index is 0.0374. The number of aliphatic hydroxyl groups is 1. The van der Waals surface area contributed by atoms with E-state index < -0.39 is 0 Å². The average Bonchev–Trinajstić information content (AvgIpc) is 2.92. The Hall–Kier alpha value is -1.43. The van der Waals surface area contributed by atoms with Gasteiger partial charge in [-0.05, 0) is 12.8 Å². The molecule has 106 valence electrons. The van der Waals surface area contributed by atoms with Crippen molar-refractivity contribution < 1.29 is 14.7 Å². The summed E-state index contributed by atoms with van der Waals surface area (Å²) in [7, 11) is 1.57. The fraction of sp³-hybridized carbons (Fsp3) is 0.769. The van der Waals surface area contributed by atoms with E-state index in [4.69, 9.17) is 5.11 Å². The van der Waals surface area contributed by atoms with Gasteiger partial charge in [0, 0.05) is 32.5 Å². The smallest absolute Gasteiger partial charge is 0.270 e. The minimum Gasteiger partial charge on any atom is -0.395 e. The monoisotopic (exact) mass is 267 g/mol. The first-order valence-electron chi connectivity index (χ1n) is 6.89. The van der Waals surface area contributed by atoms with Crippen LogP contribution in [0.4, 0.5) is 0 Å². The maximum atomic E-state index is 12.5. The highest BCUT2D eigenvalue weighted by Crippen LogP contribution is 2.24. The summed E-state index contributed by atoms with van der Waals surface area (Å²) in [6, 6.07) is 0.213. The van der Waals surface area contributed by atoms with Crippen molar-refractivity contribution in [3.63, 3.8) is 0 Å². The third-order valence-electron chi connectivity index (χ3n) is 3.82. The molecule has 0 aromatic carbocycles. The molecule has 6 nitrogen and oxygen atoms in total. The van der Waals surface area contributed by atoms with Gasteiger partial charge in [0.25, 0.3) is 5.91 Å². The third kappa shape index (κ3) is 3.12. The van der Waals surface area contributed by atoms with E-state index in [1.54, 1.807) is 11.9 Å². The lowest BCUT2D eigenvalue weighted by Crippen LogP contribution is -2.46. The van der Waals surface area contributed by atoms with Gasteiger partial charge in [0.05, 0.1) is 6.61 Å². The van der Waals surface area contributed by atoms with Gasteiger partial charge in [-0.2, -0.15) is 5.10 Å². The van der Waals surface area contributed by atoms with Gasteiger partial charge in [-0.15, -0.1) is 0 Å². The lowest BCUT2D eigenvalue weighted by molar-refractivity contribution is -0.131. The summed E-state index contributed by atoms with van der Waals surface area (Å²) in [5.74, 6) is -0.188. The maximum Gasteiger partial charge on any atom is 0.270 e. The molecule has 1 saturated carbocycles. The number of nitrogens with zero attached hydrogens (tertiary/aromatic N) is 3. The van der Waals surface area contributed by atoms with E-state index in [1.165, 1.54) is 5.01 Å². The van der Waals surface area contributed by atoms with Crippen molar-refractivity contribution in [2.75, 3.05) is 20.2 Å². The Bertz CT molecular complexity index is 389. The van der Waals surface area contributed by atoms with Crippen molar-refractivity contribution in [3.05, 3.63) is 0 Å². The van der Waals surface area contributed by atoms with Crippen LogP contribution in [0.15, 0.2) is 5.10 Å². The largest absolute Gasteiger partial charge is 0.395 e. The van der Waals surface area contributed by atoms with Crippen molar-refractivity contribution in [2.24, 2.45) is 5.10 Å². The molecular weight excluding hydrogens is 246 g/mol. The summed E-state index contributed by atoms with van der Waals surface area (Å²) in [5, 5.41) is 14.4. The molecule has 1 heterocycles. The predicted octanol–water partition coefficient (Wildman–Crippen LogP) is 0.358. The van der Waals surface area contributed by atoms with E-state index in [0.29, 0.717) is 25.1 Å². The summed E-state index contributed by atoms with van der Waals surface area (Å²) >= 11 is 0. The van der Waals surface area contributed by atoms with E-state index >= 15 is 0 Å². The van der Waals surface area contributed by atoms with Crippen LogP contribution in [-0.2, 0) is 9.59 Å². The Morgan fingerprint density at radius 1 is 1.42 bits per heavy atom. The van der Waals surface area contributed by atoms with E-state index in [1.807, 2.05) is 0 Å². The van der Waals surface area contributed by atoms with Crippen LogP contribution in [0.25, 0.3) is 0 Å². The Morgan fingerprint density at radius 2 is 2.11 bits per heavy atom. The highest BCUT2D eigenvalue weighted by Gasteiger charge is 2.31. The Morgan fingerprint density at radius 3 is 2.68 bits per heavy atom. The van der Waals surface area contributed by atoms with Crippen molar-refractivity contribution in [1.82, 2.24) is 9.91 Å². The molecule has 0 radical (unpaired) electrons. The summed E-state index contributed by atoms with van der Waals surface area (Å²) in [4.78, 5) is 25.6. The van der Waals surface area contributed by atoms with Gasteiger partial charge in [0.2, 0.25) is 5.91 Å². The fourth-order valence-corrected chi connectivity index (χ4v) is 2.76. The third-order valence-corrected chi connectivity index (χ3v) is 3.82. The zero-order valence-corrected chi connectivity index (χ0v) is 11.3. The number of hydrogen-bond acceptors (Lipinski definition) is 4. The van der Waals surface area contributed by atoms with Crippen LogP contribution >= 0.6 is 0 Å². The highest BCUT2D eigenvalue weighted by molar-refractivity contribution is 6.39. The maximum absolute atomic E-state index is 12.5. The second kappa shape index (κ2) is 6.14. The molecule has 6 heteroatoms. The van der Waals surface area contributed by atoms with Crippen LogP contribution in [0.5, 0.6) is 0 Å². The molecule has 1 aliphatic carbocycles. The van der Waals surface area contributed by atoms with Crippen LogP contribution in [0, 0.1) is 0 Å². The van der Waals surface area contributed by atoms with Crippen molar-refractivity contribution in [1.29, 1.82) is 0 Å². The molecule has 0 unspecified atom stereocenters. The van der Waals surface area contributed by atoms with Crippen LogP contribution in [-0.4, -0.2) is 58.8 Å². The lowest BCUT2D eigenvalue weighted by Gasteiger charge is -2.30. The Kier molecular flexibility index (Phi) is 4.52. The van der Waals surface area contributed by atoms with Crippen LogP contribution in [0.1, 0.15) is 38.5 Å². The fourth-order valence-electron chi connectivity index (χ4n) is 2.76. The van der Waals surface area contributed by atoms with Gasteiger partial charge in [0.15, 0.2) is 0 Å². The summed E-state index contributed by atoms with van der Waals surface area (Å²) in [6.45, 7) is 0.310. The molecular formula is C13H21N3O3. The van der Waals surface area contributed by atoms with Crippen molar-refractivity contribution in [2.45, 2.75) is 44.6 Å². The van der Waals surface area contributed by atoms with E-state index in [2.05, 4.69) is 5.10 Å². The zero-order chi connectivity index (χ0) is 13.8. The molecule has 0 atom stereocenters. The summed E-state index contributed by atoms with van der Waals surface area (Å²) in [5.41, 5.74) is 0.433. The topological polar surface area (TPSA) is 73.2 Å². The normalized spacial score (nSPS) is 20.6. The molecule has 0 bridgehead atoms. The molecule has 2 rings (SSSR count). The quantitative estimate of drug-likeness (QED) is 0.799. The van der Waals surface area contributed by atoms with Crippen LogP contribution < -0.4 is 0 Å². The van der Waals surface area contributed by atoms with Gasteiger partial charge < -0.3 is 10.0 Å². The van der Waals surface area contributed by atoms with Crippen LogP contribution in [0.3, 0.4) is 0 Å². The van der Waals surface area contributed by atoms with Gasteiger partial charge >= 0.3 is 0 Å². The molecule has 1 aliphatic heterocycles. The summed E-state index contributed by atoms with van der Waals surface area (Å²) in [6.07, 6.45) is 4.98. The first-order chi connectivity index (χ1) is 9.13. The number of hydrazone groups is 1. The van der Waals surface area contributed by atoms with Gasteiger partial charge in [-0.3, -0.25) is 9.59 Å². The standard InChI is InChI=1S/C13H21N3O3/c1-15-12(18)7-6-11(14-15)13(19)16(8-9-17)10-4-2-3-5-10/h10,17H,2-9H2,1H3. The first-order valence-corrected chi connectivity index (χ1v) is 6.89. The predicted molar refractivity (Wildman–Crippen MR) is 70.5 cm³/mol. The minimum atomic E-state index is -0.125. The van der Waals surface area contributed by atoms with Crippen molar-refractivity contribution >= 4 is 17.5 Å². The van der Waals surface area contributed by atoms with Crippen LogP contribution in [0.2, 0.25) is 0 Å². The van der Waals surface area contributed by atoms with Crippen molar-refractivity contribution in [3.8, 4) is 0 Å². The second-order valence-electron chi connectivity index (χ2n) is 5.12. The Labute approximate surface area is 113 Å². The molecule has 2 amide bonds. The molecule has 0 aromatic rings. The number of carbonyl (C=O) groups excluding carboxylic acids is 2. The molecule has 19 heavy (non-hydrogen) atoms. The molecule has 0 saturated heterocycles. The number of hydrogen-bond donors (Lipinski definition) is 1. The lowest BCUT2D eigenvalue weighted by atomic mass is 10.1. The van der Waals surface area contributed by atoms with Gasteiger partial charge in [-0.25, -0.2) is 5.01 Å². The van der Waals surface area contributed by atoms with Gasteiger partial charge in [-0.1, -0.05) is 12.8 Å². The Balaban J connectivity index is 2.10. The number of amides is 2. The molecule has 1 N–H and O–H groups in total. The second-order valence-corrected chi connectivity index (χ2v) is 5.12. The first kappa shape index (κ1) is 14.0.